The summed E-state index contributed by atoms with van der Waals surface area (Å²) in [6.07, 6.45) is 4.10. The molecule has 1 fully saturated rings. The number of ether oxygens (including phenoxy) is 2. The van der Waals surface area contributed by atoms with Crippen molar-refractivity contribution in [3.05, 3.63) is 48.0 Å². The molecule has 0 spiro atoms. The largest absolute Gasteiger partial charge is 0.481 e. The summed E-state index contributed by atoms with van der Waals surface area (Å²) in [5.74, 6) is -8.64. The number of imide groups is 1. The van der Waals surface area contributed by atoms with Crippen molar-refractivity contribution in [2.24, 2.45) is 35.5 Å². The number of hydrogen-bond donors (Lipinski definition) is 5. The van der Waals surface area contributed by atoms with Gasteiger partial charge >= 0.3 is 11.9 Å². The second-order valence-electron chi connectivity index (χ2n) is 25.0. The number of nitrogens with one attached hydrogen (secondary N) is 3. The minimum absolute atomic E-state index is 0.0120. The van der Waals surface area contributed by atoms with Gasteiger partial charge in [0.1, 0.15) is 17.9 Å². The van der Waals surface area contributed by atoms with Crippen molar-refractivity contribution < 1.29 is 72.4 Å². The Morgan fingerprint density at radius 2 is 1.36 bits per heavy atom. The summed E-state index contributed by atoms with van der Waals surface area (Å²) in [6.45, 7) is 18.8. The van der Waals surface area contributed by atoms with Crippen molar-refractivity contribution in [3.8, 4) is 0 Å². The highest BCUT2D eigenvalue weighted by atomic mass is 16.5. The fourth-order valence-electron chi connectivity index (χ4n) is 12.0. The maximum Gasteiger partial charge on any atom is 0.306 e. The first-order valence-corrected chi connectivity index (χ1v) is 31.4. The molecule has 11 atom stereocenters. The molecule has 7 amide bonds. The van der Waals surface area contributed by atoms with E-state index in [1.165, 1.54) is 14.2 Å². The minimum Gasteiger partial charge on any atom is -0.481 e. The Balaban J connectivity index is 1.79. The lowest BCUT2D eigenvalue weighted by Crippen LogP contribution is -2.60. The lowest BCUT2D eigenvalue weighted by molar-refractivity contribution is -0.148. The van der Waals surface area contributed by atoms with Crippen LogP contribution in [-0.2, 0) is 68.6 Å². The van der Waals surface area contributed by atoms with E-state index in [1.54, 1.807) is 54.1 Å². The molecule has 488 valence electrons. The molecule has 3 rings (SSSR count). The second-order valence-corrected chi connectivity index (χ2v) is 25.0. The van der Waals surface area contributed by atoms with E-state index in [0.717, 1.165) is 36.4 Å². The van der Waals surface area contributed by atoms with E-state index in [-0.39, 0.29) is 86.3 Å². The van der Waals surface area contributed by atoms with Gasteiger partial charge in [0.25, 0.3) is 11.8 Å². The van der Waals surface area contributed by atoms with E-state index < -0.39 is 114 Å². The van der Waals surface area contributed by atoms with Gasteiger partial charge in [0.05, 0.1) is 54.6 Å². The van der Waals surface area contributed by atoms with Crippen LogP contribution in [-0.4, -0.2) is 191 Å². The van der Waals surface area contributed by atoms with Crippen LogP contribution in [0.1, 0.15) is 164 Å². The Kier molecular flexibility index (Phi) is 32.2. The van der Waals surface area contributed by atoms with E-state index in [9.17, 15) is 63.0 Å². The number of carboxylic acids is 2. The van der Waals surface area contributed by atoms with Gasteiger partial charge in [-0.25, -0.2) is 0 Å². The predicted octanol–water partition coefficient (Wildman–Crippen LogP) is 6.01. The molecule has 1 saturated heterocycles. The van der Waals surface area contributed by atoms with Crippen LogP contribution in [0.5, 0.6) is 0 Å². The summed E-state index contributed by atoms with van der Waals surface area (Å²) in [5.41, 5.74) is 0.646. The van der Waals surface area contributed by atoms with Crippen LogP contribution >= 0.6 is 0 Å². The summed E-state index contributed by atoms with van der Waals surface area (Å²) in [5, 5.41) is 28.4. The van der Waals surface area contributed by atoms with Crippen LogP contribution in [0.2, 0.25) is 0 Å². The fourth-order valence-corrected chi connectivity index (χ4v) is 12.0. The number of rotatable bonds is 42. The lowest BCUT2D eigenvalue weighted by atomic mass is 9.89. The summed E-state index contributed by atoms with van der Waals surface area (Å²) in [7, 11) is 6.58. The van der Waals surface area contributed by atoms with Crippen molar-refractivity contribution >= 4 is 64.9 Å². The molecule has 2 aliphatic heterocycles. The number of likely N-dealkylation sites (N-methyl/N-ethyl adjacent to an activating group) is 2. The Morgan fingerprint density at radius 3 is 1.92 bits per heavy atom. The third-order valence-electron chi connectivity index (χ3n) is 17.2. The minimum atomic E-state index is -1.43. The number of carbonyl (C=O) groups is 11. The van der Waals surface area contributed by atoms with Crippen LogP contribution < -0.4 is 16.0 Å². The molecule has 22 heteroatoms. The maximum absolute atomic E-state index is 14.7. The number of nitrogens with zero attached hydrogens (tertiary/aromatic N) is 4. The average Bonchev–Trinajstić information content (AvgIpc) is 3.98. The van der Waals surface area contributed by atoms with Gasteiger partial charge in [0, 0.05) is 78.6 Å². The lowest BCUT2D eigenvalue weighted by Gasteiger charge is -2.41. The molecule has 1 aromatic carbocycles. The molecule has 0 aromatic heterocycles. The molecular weight excluding hydrogens is 1120 g/mol. The van der Waals surface area contributed by atoms with Crippen molar-refractivity contribution in [2.75, 3.05) is 47.9 Å². The van der Waals surface area contributed by atoms with Gasteiger partial charge in [-0.3, -0.25) is 62.5 Å². The van der Waals surface area contributed by atoms with Gasteiger partial charge in [-0.1, -0.05) is 112 Å². The highest BCUT2D eigenvalue weighted by molar-refractivity contribution is 6.13. The highest BCUT2D eigenvalue weighted by Gasteiger charge is 2.44. The first kappa shape index (κ1) is 74.9. The van der Waals surface area contributed by atoms with E-state index in [4.69, 9.17) is 9.47 Å². The molecule has 0 bridgehead atoms. The number of benzene rings is 1. The molecule has 2 heterocycles. The van der Waals surface area contributed by atoms with Gasteiger partial charge in [0.15, 0.2) is 5.78 Å². The number of amides is 7. The summed E-state index contributed by atoms with van der Waals surface area (Å²) in [6, 6.07) is 3.55. The number of aliphatic carboxylic acids is 2. The molecule has 1 aromatic rings. The van der Waals surface area contributed by atoms with Gasteiger partial charge in [-0.2, -0.15) is 0 Å². The number of carboxylic acid groups (broad SMARTS) is 2. The number of methoxy groups -OCH3 is 2. The number of carbonyl (C=O) groups excluding carboxylic acids is 9. The van der Waals surface area contributed by atoms with Crippen molar-refractivity contribution in [2.45, 2.75) is 214 Å². The molecule has 2 aliphatic rings. The van der Waals surface area contributed by atoms with Crippen LogP contribution in [0.15, 0.2) is 42.5 Å². The van der Waals surface area contributed by atoms with Gasteiger partial charge < -0.3 is 45.4 Å². The third kappa shape index (κ3) is 23.6. The maximum atomic E-state index is 14.7. The number of likely N-dealkylation sites (tertiary alicyclic amines) is 1. The first-order valence-electron chi connectivity index (χ1n) is 31.4. The van der Waals surface area contributed by atoms with Crippen LogP contribution in [0.25, 0.3) is 0 Å². The predicted molar refractivity (Wildman–Crippen MR) is 328 cm³/mol. The molecule has 87 heavy (non-hydrogen) atoms. The van der Waals surface area contributed by atoms with Crippen molar-refractivity contribution in [3.63, 3.8) is 0 Å². The van der Waals surface area contributed by atoms with Gasteiger partial charge in [0.2, 0.25) is 29.5 Å². The Morgan fingerprint density at radius 1 is 0.713 bits per heavy atom. The zero-order chi connectivity index (χ0) is 65.2. The smallest absolute Gasteiger partial charge is 0.306 e. The molecule has 0 unspecified atom stereocenters. The normalized spacial score (nSPS) is 17.8. The van der Waals surface area contributed by atoms with Crippen molar-refractivity contribution in [1.29, 1.82) is 0 Å². The third-order valence-corrected chi connectivity index (χ3v) is 17.2. The molecular formula is C65H103N7O15. The Hall–Kier alpha value is -6.39. The van der Waals surface area contributed by atoms with E-state index in [0.29, 0.717) is 56.6 Å². The molecule has 22 nitrogen and oxygen atoms in total. The standard InChI is InChI=1S/C65H103N7O15/c1-14-43(8)59(70(11)64(83)57(41(4)5)68-63(82)58(42(6)7)69(10)34-21-23-40(2)3)52(86-12)39-55(77)71-35-22-28-50(71)60(87-13)44(9)61(80)67-49(37-45-24-17-15-18-25-45)62(81)66-48(29-32-56(78)79)51(74)38-46(65(84)85)26-19-16-20-27-47(73)33-36-72-53(75)30-31-54(72)76/h15,17-18,24-25,30-31,40-44,46,48-50,52,57-60H,14,16,19-23,26-29,32-39H2,1-13H3,(H,66,81)(H,67,80)(H,68,82)(H,78,79)(H,84,85)/t43-,44+,46+,48-,49-,50-,52+,57-,58-,59-,60+/m0/s1. The highest BCUT2D eigenvalue weighted by Crippen LogP contribution is 2.30. The van der Waals surface area contributed by atoms with Crippen LogP contribution in [0.3, 0.4) is 0 Å². The molecule has 0 radical (unpaired) electrons. The zero-order valence-electron chi connectivity index (χ0n) is 54.0. The second kappa shape index (κ2) is 37.5. The number of ketones is 2. The summed E-state index contributed by atoms with van der Waals surface area (Å²) in [4.78, 5) is 153. The summed E-state index contributed by atoms with van der Waals surface area (Å²) >= 11 is 0. The first-order chi connectivity index (χ1) is 41.1. The van der Waals surface area contributed by atoms with Crippen LogP contribution in [0, 0.1) is 35.5 Å². The Labute approximate surface area is 516 Å². The molecule has 5 N–H and O–H groups in total. The van der Waals surface area contributed by atoms with Crippen LogP contribution in [0.4, 0.5) is 0 Å². The monoisotopic (exact) mass is 1220 g/mol. The summed E-state index contributed by atoms with van der Waals surface area (Å²) < 4.78 is 12.2. The van der Waals surface area contributed by atoms with Gasteiger partial charge in [-0.05, 0) is 87.8 Å². The number of hydrogen-bond acceptors (Lipinski definition) is 14. The van der Waals surface area contributed by atoms with Gasteiger partial charge in [-0.15, -0.1) is 0 Å². The number of Topliss-reactive ketones (excluding diaryl/α,β-unsaturated/α-hetero) is 2. The number of unbranched alkanes of at least 4 members (excludes halogenated alkanes) is 2. The van der Waals surface area contributed by atoms with Crippen molar-refractivity contribution in [1.82, 2.24) is 35.6 Å². The van der Waals surface area contributed by atoms with E-state index in [1.807, 2.05) is 48.6 Å². The Bertz CT molecular complexity index is 2470. The SMILES string of the molecule is CC[C@H](C)[C@@H]([C@@H](CC(=O)N1CCC[C@H]1[C@H](OC)[C@@H](C)C(=O)N[C@@H](Cc1ccccc1)C(=O)N[C@@H](CCC(=O)O)C(=O)C[C@@H](CCCCCC(=O)CCN1C(=O)C=CC1=O)C(=O)O)OC)N(C)C(=O)[C@@H](NC(=O)[C@H](C(C)C)N(C)CCCC(C)C)C(C)C. The molecule has 0 aliphatic carbocycles. The van der Waals surface area contributed by atoms with E-state index >= 15 is 0 Å². The topological polar surface area (TPSA) is 296 Å². The fraction of sp³-hybridized carbons (Fsp3) is 0.708. The average molecular weight is 1220 g/mol. The molecule has 0 saturated carbocycles. The zero-order valence-corrected chi connectivity index (χ0v) is 54.0. The quantitative estimate of drug-likeness (QED) is 0.0370. The van der Waals surface area contributed by atoms with E-state index in [2.05, 4.69) is 34.7 Å².